The number of esters is 1. The first-order chi connectivity index (χ1) is 7.76. The Hall–Kier alpha value is -2.34. The van der Waals surface area contributed by atoms with Gasteiger partial charge in [-0.15, -0.1) is 0 Å². The van der Waals surface area contributed by atoms with Crippen LogP contribution >= 0.6 is 0 Å². The molecule has 0 aliphatic rings. The SMILES string of the molecule is C=CC(C#N)OC(=O)/C=C/c1ccccc1. The summed E-state index contributed by atoms with van der Waals surface area (Å²) < 4.78 is 4.77. The molecule has 1 aromatic carbocycles. The molecule has 0 spiro atoms. The topological polar surface area (TPSA) is 50.1 Å². The monoisotopic (exact) mass is 213 g/mol. The summed E-state index contributed by atoms with van der Waals surface area (Å²) in [6.45, 7) is 3.38. The average Bonchev–Trinajstić information content (AvgIpc) is 2.34. The van der Waals surface area contributed by atoms with E-state index in [0.717, 1.165) is 5.56 Å². The molecular formula is C13H11NO2. The third-order valence-corrected chi connectivity index (χ3v) is 1.80. The van der Waals surface area contributed by atoms with Gasteiger partial charge in [0.15, 0.2) is 0 Å². The molecule has 1 unspecified atom stereocenters. The maximum atomic E-state index is 11.2. The number of rotatable bonds is 4. The van der Waals surface area contributed by atoms with E-state index < -0.39 is 12.1 Å². The smallest absolute Gasteiger partial charge is 0.332 e. The van der Waals surface area contributed by atoms with Crippen LogP contribution < -0.4 is 0 Å². The molecule has 0 fully saturated rings. The van der Waals surface area contributed by atoms with Gasteiger partial charge in [-0.1, -0.05) is 36.9 Å². The first kappa shape index (κ1) is 11.7. The highest BCUT2D eigenvalue weighted by Crippen LogP contribution is 2.02. The Balaban J connectivity index is 2.56. The third kappa shape index (κ3) is 3.81. The van der Waals surface area contributed by atoms with Gasteiger partial charge in [0.1, 0.15) is 6.07 Å². The molecule has 0 radical (unpaired) electrons. The summed E-state index contributed by atoms with van der Waals surface area (Å²) in [7, 11) is 0. The predicted octanol–water partition coefficient (Wildman–Crippen LogP) is 2.32. The van der Waals surface area contributed by atoms with Crippen LogP contribution in [-0.4, -0.2) is 12.1 Å². The lowest BCUT2D eigenvalue weighted by Crippen LogP contribution is -2.11. The van der Waals surface area contributed by atoms with Gasteiger partial charge in [-0.3, -0.25) is 0 Å². The van der Waals surface area contributed by atoms with Gasteiger partial charge >= 0.3 is 5.97 Å². The summed E-state index contributed by atoms with van der Waals surface area (Å²) in [5.41, 5.74) is 0.895. The lowest BCUT2D eigenvalue weighted by atomic mass is 10.2. The molecule has 0 N–H and O–H groups in total. The van der Waals surface area contributed by atoms with E-state index in [-0.39, 0.29) is 0 Å². The fourth-order valence-electron chi connectivity index (χ4n) is 1.02. The van der Waals surface area contributed by atoms with Gasteiger partial charge in [-0.25, -0.2) is 4.79 Å². The maximum absolute atomic E-state index is 11.2. The van der Waals surface area contributed by atoms with E-state index in [9.17, 15) is 4.79 Å². The normalized spacial score (nSPS) is 11.7. The zero-order valence-electron chi connectivity index (χ0n) is 8.67. The zero-order valence-corrected chi connectivity index (χ0v) is 8.67. The van der Waals surface area contributed by atoms with Gasteiger partial charge in [0.25, 0.3) is 0 Å². The van der Waals surface area contributed by atoms with Crippen molar-refractivity contribution < 1.29 is 9.53 Å². The molecule has 16 heavy (non-hydrogen) atoms. The Morgan fingerprint density at radius 2 is 2.12 bits per heavy atom. The number of ether oxygens (including phenoxy) is 1. The van der Waals surface area contributed by atoms with Crippen molar-refractivity contribution in [2.75, 3.05) is 0 Å². The van der Waals surface area contributed by atoms with Gasteiger partial charge in [0.05, 0.1) is 0 Å². The highest BCUT2D eigenvalue weighted by molar-refractivity contribution is 5.87. The van der Waals surface area contributed by atoms with Crippen LogP contribution in [0.15, 0.2) is 49.1 Å². The van der Waals surface area contributed by atoms with Crippen molar-refractivity contribution in [2.24, 2.45) is 0 Å². The Labute approximate surface area is 94.3 Å². The van der Waals surface area contributed by atoms with Crippen molar-refractivity contribution in [1.82, 2.24) is 0 Å². The molecule has 0 saturated carbocycles. The number of hydrogen-bond donors (Lipinski definition) is 0. The molecule has 0 saturated heterocycles. The Kier molecular flexibility index (Phi) is 4.55. The molecule has 0 bridgehead atoms. The number of nitriles is 1. The van der Waals surface area contributed by atoms with Crippen molar-refractivity contribution in [3.05, 3.63) is 54.6 Å². The van der Waals surface area contributed by atoms with E-state index in [1.54, 1.807) is 12.1 Å². The summed E-state index contributed by atoms with van der Waals surface area (Å²) in [6, 6.07) is 11.1. The van der Waals surface area contributed by atoms with Crippen molar-refractivity contribution in [2.45, 2.75) is 6.10 Å². The minimum absolute atomic E-state index is 0.560. The molecule has 0 aliphatic heterocycles. The minimum Gasteiger partial charge on any atom is -0.439 e. The van der Waals surface area contributed by atoms with Crippen LogP contribution in [-0.2, 0) is 9.53 Å². The number of benzene rings is 1. The summed E-state index contributed by atoms with van der Waals surface area (Å²) in [6.07, 6.45) is 3.28. The molecule has 1 atom stereocenters. The Morgan fingerprint density at radius 3 is 2.69 bits per heavy atom. The van der Waals surface area contributed by atoms with Gasteiger partial charge < -0.3 is 4.74 Å². The lowest BCUT2D eigenvalue weighted by molar-refractivity contribution is -0.138. The van der Waals surface area contributed by atoms with Gasteiger partial charge in [-0.2, -0.15) is 5.26 Å². The van der Waals surface area contributed by atoms with Crippen LogP contribution in [0.25, 0.3) is 6.08 Å². The first-order valence-electron chi connectivity index (χ1n) is 4.72. The van der Waals surface area contributed by atoms with Crippen LogP contribution in [0.3, 0.4) is 0 Å². The van der Waals surface area contributed by atoms with Gasteiger partial charge in [-0.05, 0) is 17.7 Å². The molecule has 0 aromatic heterocycles. The summed E-state index contributed by atoms with van der Waals surface area (Å²) in [4.78, 5) is 11.2. The van der Waals surface area contributed by atoms with Gasteiger partial charge in [0, 0.05) is 6.08 Å². The average molecular weight is 213 g/mol. The fraction of sp³-hybridized carbons (Fsp3) is 0.0769. The second-order valence-corrected chi connectivity index (χ2v) is 2.97. The van der Waals surface area contributed by atoms with Crippen LogP contribution in [0.4, 0.5) is 0 Å². The molecule has 0 aliphatic carbocycles. The van der Waals surface area contributed by atoms with E-state index >= 15 is 0 Å². The zero-order chi connectivity index (χ0) is 11.8. The molecule has 1 aromatic rings. The maximum Gasteiger partial charge on any atom is 0.332 e. The number of hydrogen-bond acceptors (Lipinski definition) is 3. The number of carbonyl (C=O) groups is 1. The van der Waals surface area contributed by atoms with Crippen LogP contribution in [0.1, 0.15) is 5.56 Å². The first-order valence-corrected chi connectivity index (χ1v) is 4.72. The van der Waals surface area contributed by atoms with Crippen LogP contribution in [0.5, 0.6) is 0 Å². The van der Waals surface area contributed by atoms with E-state index in [4.69, 9.17) is 10.00 Å². The second kappa shape index (κ2) is 6.20. The quantitative estimate of drug-likeness (QED) is 0.438. The summed E-state index contributed by atoms with van der Waals surface area (Å²) >= 11 is 0. The highest BCUT2D eigenvalue weighted by atomic mass is 16.5. The van der Waals surface area contributed by atoms with E-state index in [1.165, 1.54) is 12.2 Å². The highest BCUT2D eigenvalue weighted by Gasteiger charge is 2.05. The predicted molar refractivity (Wildman–Crippen MR) is 61.2 cm³/mol. The van der Waals surface area contributed by atoms with E-state index in [2.05, 4.69) is 6.58 Å². The minimum atomic E-state index is -0.895. The third-order valence-electron chi connectivity index (χ3n) is 1.80. The van der Waals surface area contributed by atoms with Crippen LogP contribution in [0.2, 0.25) is 0 Å². The summed E-state index contributed by atoms with van der Waals surface area (Å²) in [5.74, 6) is -0.560. The molecule has 80 valence electrons. The standard InChI is InChI=1S/C13H11NO2/c1-2-12(10-14)16-13(15)9-8-11-6-4-3-5-7-11/h2-9,12H,1H2/b9-8+. The molecular weight excluding hydrogens is 202 g/mol. The number of carbonyl (C=O) groups excluding carboxylic acids is 1. The molecule has 0 heterocycles. The van der Waals surface area contributed by atoms with Gasteiger partial charge in [0.2, 0.25) is 6.10 Å². The molecule has 0 amide bonds. The van der Waals surface area contributed by atoms with E-state index in [1.807, 2.05) is 30.3 Å². The molecule has 1 rings (SSSR count). The fourth-order valence-corrected chi connectivity index (χ4v) is 1.02. The van der Waals surface area contributed by atoms with Crippen molar-refractivity contribution in [3.8, 4) is 6.07 Å². The van der Waals surface area contributed by atoms with Crippen molar-refractivity contribution >= 4 is 12.0 Å². The molecule has 3 nitrogen and oxygen atoms in total. The van der Waals surface area contributed by atoms with E-state index in [0.29, 0.717) is 0 Å². The van der Waals surface area contributed by atoms with Crippen LogP contribution in [0, 0.1) is 11.3 Å². The second-order valence-electron chi connectivity index (χ2n) is 2.97. The van der Waals surface area contributed by atoms with Crippen molar-refractivity contribution in [3.63, 3.8) is 0 Å². The summed E-state index contributed by atoms with van der Waals surface area (Å²) in [5, 5.41) is 8.54. The van der Waals surface area contributed by atoms with Crippen molar-refractivity contribution in [1.29, 1.82) is 5.26 Å². The largest absolute Gasteiger partial charge is 0.439 e. The number of nitrogens with zero attached hydrogens (tertiary/aromatic N) is 1. The Morgan fingerprint density at radius 1 is 1.44 bits per heavy atom. The Bertz CT molecular complexity index is 429. The lowest BCUT2D eigenvalue weighted by Gasteiger charge is -2.02. The molecule has 3 heteroatoms.